The van der Waals surface area contributed by atoms with Gasteiger partial charge in [-0.3, -0.25) is 23.6 Å². The van der Waals surface area contributed by atoms with Crippen LogP contribution < -0.4 is 5.69 Å². The topological polar surface area (TPSA) is 67.6 Å². The smallest absolute Gasteiger partial charge is 0.303 e. The number of carbonyl (C=O) groups is 2. The maximum atomic E-state index is 13.3. The highest BCUT2D eigenvalue weighted by Gasteiger charge is 2.36. The molecule has 178 valence electrons. The third-order valence-corrected chi connectivity index (χ3v) is 8.34. The lowest BCUT2D eigenvalue weighted by Gasteiger charge is -2.35. The zero-order chi connectivity index (χ0) is 23.1. The summed E-state index contributed by atoms with van der Waals surface area (Å²) in [4.78, 5) is 41.9. The first kappa shape index (κ1) is 22.4. The SMILES string of the molecule is CN1C(=O)CCC(n2c(=O)n(C)c3c(C4CCN(CC5CCCCC5)CC4)cccc32)C1=O. The van der Waals surface area contributed by atoms with Gasteiger partial charge in [0.2, 0.25) is 5.91 Å². The van der Waals surface area contributed by atoms with E-state index in [9.17, 15) is 14.4 Å². The van der Waals surface area contributed by atoms with E-state index in [0.717, 1.165) is 42.9 Å². The van der Waals surface area contributed by atoms with Crippen LogP contribution in [-0.4, -0.2) is 57.4 Å². The van der Waals surface area contributed by atoms with Gasteiger partial charge in [-0.1, -0.05) is 31.4 Å². The number of fused-ring (bicyclic) bond motifs is 1. The Morgan fingerprint density at radius 3 is 2.36 bits per heavy atom. The minimum absolute atomic E-state index is 0.173. The first-order valence-electron chi connectivity index (χ1n) is 12.7. The van der Waals surface area contributed by atoms with Crippen LogP contribution in [0.25, 0.3) is 11.0 Å². The summed E-state index contributed by atoms with van der Waals surface area (Å²) in [7, 11) is 3.32. The van der Waals surface area contributed by atoms with E-state index in [4.69, 9.17) is 0 Å². The minimum atomic E-state index is -0.614. The summed E-state index contributed by atoms with van der Waals surface area (Å²) in [6.45, 7) is 3.46. The molecular weight excluding hydrogens is 416 g/mol. The van der Waals surface area contributed by atoms with Gasteiger partial charge >= 0.3 is 5.69 Å². The Kier molecular flexibility index (Phi) is 6.16. The van der Waals surface area contributed by atoms with Gasteiger partial charge in [0, 0.05) is 27.1 Å². The van der Waals surface area contributed by atoms with Crippen molar-refractivity contribution in [3.05, 3.63) is 34.2 Å². The molecule has 2 saturated heterocycles. The van der Waals surface area contributed by atoms with E-state index in [1.165, 1.54) is 56.2 Å². The zero-order valence-electron chi connectivity index (χ0n) is 20.0. The fourth-order valence-electron chi connectivity index (χ4n) is 6.40. The average molecular weight is 453 g/mol. The predicted molar refractivity (Wildman–Crippen MR) is 128 cm³/mol. The summed E-state index contributed by atoms with van der Waals surface area (Å²) in [6, 6.07) is 5.51. The molecule has 0 spiro atoms. The fraction of sp³-hybridized carbons (Fsp3) is 0.654. The third-order valence-electron chi connectivity index (χ3n) is 8.34. The van der Waals surface area contributed by atoms with Gasteiger partial charge in [0.1, 0.15) is 6.04 Å². The van der Waals surface area contributed by atoms with Crippen molar-refractivity contribution >= 4 is 22.8 Å². The molecule has 2 amide bonds. The monoisotopic (exact) mass is 452 g/mol. The number of aryl methyl sites for hydroxylation is 1. The van der Waals surface area contributed by atoms with E-state index in [2.05, 4.69) is 11.0 Å². The number of likely N-dealkylation sites (tertiary alicyclic amines) is 2. The summed E-state index contributed by atoms with van der Waals surface area (Å²) < 4.78 is 3.34. The van der Waals surface area contributed by atoms with E-state index < -0.39 is 6.04 Å². The number of nitrogens with zero attached hydrogens (tertiary/aromatic N) is 4. The highest BCUT2D eigenvalue weighted by molar-refractivity contribution is 6.00. The van der Waals surface area contributed by atoms with Gasteiger partial charge in [-0.15, -0.1) is 0 Å². The van der Waals surface area contributed by atoms with Crippen molar-refractivity contribution < 1.29 is 9.59 Å². The van der Waals surface area contributed by atoms with Crippen molar-refractivity contribution in [1.82, 2.24) is 18.9 Å². The van der Waals surface area contributed by atoms with Gasteiger partial charge in [0.05, 0.1) is 11.0 Å². The number of amides is 2. The zero-order valence-corrected chi connectivity index (χ0v) is 20.0. The van der Waals surface area contributed by atoms with Crippen molar-refractivity contribution in [2.45, 2.75) is 69.7 Å². The Morgan fingerprint density at radius 2 is 1.64 bits per heavy atom. The molecule has 3 aliphatic rings. The number of hydrogen-bond donors (Lipinski definition) is 0. The van der Waals surface area contributed by atoms with Crippen molar-refractivity contribution in [3.8, 4) is 0 Å². The lowest BCUT2D eigenvalue weighted by Crippen LogP contribution is -2.45. The number of rotatable bonds is 4. The van der Waals surface area contributed by atoms with Crippen molar-refractivity contribution in [3.63, 3.8) is 0 Å². The molecule has 2 aliphatic heterocycles. The number of aromatic nitrogens is 2. The van der Waals surface area contributed by atoms with Crippen LogP contribution in [0.4, 0.5) is 0 Å². The Hall–Kier alpha value is -2.41. The molecule has 1 unspecified atom stereocenters. The number of hydrogen-bond acceptors (Lipinski definition) is 4. The van der Waals surface area contributed by atoms with Gasteiger partial charge in [0.25, 0.3) is 5.91 Å². The van der Waals surface area contributed by atoms with Gasteiger partial charge in [-0.05, 0) is 68.7 Å². The molecule has 0 N–H and O–H groups in total. The Labute approximate surface area is 195 Å². The van der Waals surface area contributed by atoms with Crippen LogP contribution in [-0.2, 0) is 16.6 Å². The second kappa shape index (κ2) is 9.09. The van der Waals surface area contributed by atoms with Crippen LogP contribution in [0.2, 0.25) is 0 Å². The number of likely N-dealkylation sites (N-methyl/N-ethyl adjacent to an activating group) is 1. The van der Waals surface area contributed by atoms with E-state index >= 15 is 0 Å². The molecule has 2 aromatic rings. The number of imide groups is 1. The largest absolute Gasteiger partial charge is 0.329 e. The summed E-state index contributed by atoms with van der Waals surface area (Å²) >= 11 is 0. The summed E-state index contributed by atoms with van der Waals surface area (Å²) in [5.41, 5.74) is 2.80. The first-order valence-corrected chi connectivity index (χ1v) is 12.7. The average Bonchev–Trinajstić information content (AvgIpc) is 3.09. The van der Waals surface area contributed by atoms with Crippen molar-refractivity contribution in [1.29, 1.82) is 0 Å². The molecule has 1 aromatic heterocycles. The highest BCUT2D eigenvalue weighted by Crippen LogP contribution is 2.35. The molecule has 1 atom stereocenters. The van der Waals surface area contributed by atoms with Crippen LogP contribution in [0.15, 0.2) is 23.0 Å². The summed E-state index contributed by atoms with van der Waals surface area (Å²) in [5.74, 6) is 0.822. The molecule has 1 saturated carbocycles. The molecule has 0 radical (unpaired) electrons. The highest BCUT2D eigenvalue weighted by atomic mass is 16.2. The van der Waals surface area contributed by atoms with Crippen LogP contribution in [0.5, 0.6) is 0 Å². The van der Waals surface area contributed by atoms with Crippen LogP contribution in [0, 0.1) is 5.92 Å². The van der Waals surface area contributed by atoms with Crippen LogP contribution in [0.1, 0.15) is 75.3 Å². The molecule has 3 fully saturated rings. The first-order chi connectivity index (χ1) is 16.0. The number of piperidine rings is 2. The quantitative estimate of drug-likeness (QED) is 0.667. The van der Waals surface area contributed by atoms with Crippen molar-refractivity contribution in [2.75, 3.05) is 26.7 Å². The molecule has 1 aromatic carbocycles. The minimum Gasteiger partial charge on any atom is -0.303 e. The number of imidazole rings is 1. The molecule has 0 bridgehead atoms. The fourth-order valence-corrected chi connectivity index (χ4v) is 6.40. The molecular formula is C26H36N4O3. The maximum absolute atomic E-state index is 13.3. The Balaban J connectivity index is 1.39. The van der Waals surface area contributed by atoms with Crippen molar-refractivity contribution in [2.24, 2.45) is 13.0 Å². The van der Waals surface area contributed by atoms with E-state index in [1.54, 1.807) is 9.13 Å². The second-order valence-corrected chi connectivity index (χ2v) is 10.4. The lowest BCUT2D eigenvalue weighted by atomic mass is 9.86. The molecule has 5 rings (SSSR count). The van der Waals surface area contributed by atoms with E-state index in [0.29, 0.717) is 12.3 Å². The maximum Gasteiger partial charge on any atom is 0.329 e. The second-order valence-electron chi connectivity index (χ2n) is 10.4. The number of benzene rings is 1. The molecule has 7 heteroatoms. The van der Waals surface area contributed by atoms with Gasteiger partial charge < -0.3 is 4.90 Å². The predicted octanol–water partition coefficient (Wildman–Crippen LogP) is 3.42. The van der Waals surface area contributed by atoms with Crippen LogP contribution in [0.3, 0.4) is 0 Å². The van der Waals surface area contributed by atoms with Gasteiger partial charge in [0.15, 0.2) is 0 Å². The third kappa shape index (κ3) is 4.05. The van der Waals surface area contributed by atoms with Gasteiger partial charge in [-0.25, -0.2) is 4.79 Å². The normalized spacial score (nSPS) is 24.2. The van der Waals surface area contributed by atoms with E-state index in [-0.39, 0.29) is 23.9 Å². The lowest BCUT2D eigenvalue weighted by molar-refractivity contribution is -0.149. The standard InChI is InChI=1S/C26H36N4O3/c1-27-23(31)12-11-22(25(27)32)30-21-10-6-9-20(24(21)28(2)26(30)33)19-13-15-29(16-14-19)17-18-7-4-3-5-8-18/h6,9-10,18-19,22H,3-5,7-8,11-17H2,1-2H3. The Morgan fingerprint density at radius 1 is 0.909 bits per heavy atom. The molecule has 7 nitrogen and oxygen atoms in total. The molecule has 3 heterocycles. The molecule has 1 aliphatic carbocycles. The Bertz CT molecular complexity index is 1100. The molecule has 33 heavy (non-hydrogen) atoms. The summed E-state index contributed by atoms with van der Waals surface area (Å²) in [6.07, 6.45) is 9.82. The summed E-state index contributed by atoms with van der Waals surface area (Å²) in [5, 5.41) is 0. The van der Waals surface area contributed by atoms with Gasteiger partial charge in [-0.2, -0.15) is 0 Å². The number of carbonyl (C=O) groups excluding carboxylic acids is 2. The van der Waals surface area contributed by atoms with E-state index in [1.807, 2.05) is 19.2 Å². The van der Waals surface area contributed by atoms with Crippen LogP contribution >= 0.6 is 0 Å². The number of para-hydroxylation sites is 1.